The van der Waals surface area contributed by atoms with Crippen molar-refractivity contribution in [2.24, 2.45) is 0 Å². The van der Waals surface area contributed by atoms with Gasteiger partial charge in [-0.3, -0.25) is 0 Å². The fourth-order valence-corrected chi connectivity index (χ4v) is 0.662. The van der Waals surface area contributed by atoms with E-state index in [-0.39, 0.29) is 5.97 Å². The Bertz CT molecular complexity index is 201. The fraction of sp³-hybridized carbons (Fsp3) is 0.286. The van der Waals surface area contributed by atoms with Gasteiger partial charge in [-0.1, -0.05) is 0 Å². The molecule has 0 saturated carbocycles. The summed E-state index contributed by atoms with van der Waals surface area (Å²) >= 11 is 0. The average Bonchev–Trinajstić information content (AvgIpc) is 2.13. The zero-order chi connectivity index (χ0) is 7.56. The van der Waals surface area contributed by atoms with Gasteiger partial charge in [0.05, 0.1) is 6.10 Å². The molecule has 0 amide bonds. The van der Waals surface area contributed by atoms with Crippen molar-refractivity contribution in [1.82, 2.24) is 0 Å². The number of rotatable bonds is 1. The number of cyclic esters (lactones) is 1. The summed E-state index contributed by atoms with van der Waals surface area (Å²) < 4.78 is 4.62. The summed E-state index contributed by atoms with van der Waals surface area (Å²) in [6.07, 6.45) is 3.72. The second-order valence-electron chi connectivity index (χ2n) is 2.06. The minimum atomic E-state index is -0.578. The van der Waals surface area contributed by atoms with Crippen LogP contribution in [0.25, 0.3) is 0 Å². The Balaban J connectivity index is 2.62. The van der Waals surface area contributed by atoms with E-state index in [1.807, 2.05) is 0 Å². The number of aliphatic hydroxyl groups excluding tert-OH is 1. The first-order chi connectivity index (χ1) is 4.68. The van der Waals surface area contributed by atoms with Crippen LogP contribution in [0.5, 0.6) is 0 Å². The van der Waals surface area contributed by atoms with Crippen LogP contribution in [0.2, 0.25) is 0 Å². The van der Waals surface area contributed by atoms with E-state index in [1.54, 1.807) is 6.92 Å². The molecular weight excluding hydrogens is 132 g/mol. The number of hydrogen-bond acceptors (Lipinski definition) is 3. The van der Waals surface area contributed by atoms with E-state index in [0.717, 1.165) is 0 Å². The number of aliphatic hydroxyl groups is 1. The number of carbonyl (C=O) groups is 1. The third kappa shape index (κ3) is 1.70. The van der Waals surface area contributed by atoms with E-state index in [0.29, 0.717) is 5.76 Å². The summed E-state index contributed by atoms with van der Waals surface area (Å²) in [6.45, 7) is 1.59. The van der Waals surface area contributed by atoms with E-state index >= 15 is 0 Å². The van der Waals surface area contributed by atoms with Gasteiger partial charge < -0.3 is 9.84 Å². The molecule has 3 nitrogen and oxygen atoms in total. The van der Waals surface area contributed by atoms with Crippen LogP contribution in [0, 0.1) is 0 Å². The summed E-state index contributed by atoms with van der Waals surface area (Å²) in [5.41, 5.74) is 0. The van der Waals surface area contributed by atoms with Crippen molar-refractivity contribution in [2.75, 3.05) is 0 Å². The van der Waals surface area contributed by atoms with Gasteiger partial charge in [0.1, 0.15) is 5.76 Å². The highest BCUT2D eigenvalue weighted by molar-refractivity contribution is 5.86. The van der Waals surface area contributed by atoms with Gasteiger partial charge in [0.2, 0.25) is 0 Å². The van der Waals surface area contributed by atoms with Crippen molar-refractivity contribution in [1.29, 1.82) is 0 Å². The third-order valence-corrected chi connectivity index (χ3v) is 1.01. The van der Waals surface area contributed by atoms with Crippen molar-refractivity contribution < 1.29 is 14.6 Å². The summed E-state index contributed by atoms with van der Waals surface area (Å²) in [7, 11) is 0. The third-order valence-electron chi connectivity index (χ3n) is 1.01. The van der Waals surface area contributed by atoms with Crippen LogP contribution < -0.4 is 0 Å². The quantitative estimate of drug-likeness (QED) is 0.535. The Morgan fingerprint density at radius 2 is 2.40 bits per heavy atom. The molecule has 54 valence electrons. The number of hydrogen-bond donors (Lipinski definition) is 1. The highest BCUT2D eigenvalue weighted by Crippen LogP contribution is 2.09. The van der Waals surface area contributed by atoms with E-state index in [9.17, 15) is 4.79 Å². The smallest absolute Gasteiger partial charge is 0.336 e. The van der Waals surface area contributed by atoms with Gasteiger partial charge in [0, 0.05) is 6.08 Å². The van der Waals surface area contributed by atoms with Gasteiger partial charge in [-0.25, -0.2) is 4.79 Å². The standard InChI is InChI=1S/C7H8O3/c1-5(8)4-6-2-3-7(9)10-6/h2-5,8H,1H3/b6-4-. The molecule has 0 radical (unpaired) electrons. The minimum absolute atomic E-state index is 0.383. The van der Waals surface area contributed by atoms with Crippen molar-refractivity contribution in [3.05, 3.63) is 24.0 Å². The zero-order valence-corrected chi connectivity index (χ0v) is 5.57. The van der Waals surface area contributed by atoms with Crippen LogP contribution in [0.1, 0.15) is 6.92 Å². The molecule has 0 spiro atoms. The molecule has 0 aromatic carbocycles. The van der Waals surface area contributed by atoms with Gasteiger partial charge in [0.15, 0.2) is 0 Å². The number of carbonyl (C=O) groups excluding carboxylic acids is 1. The van der Waals surface area contributed by atoms with Crippen LogP contribution >= 0.6 is 0 Å². The van der Waals surface area contributed by atoms with Crippen molar-refractivity contribution in [3.63, 3.8) is 0 Å². The van der Waals surface area contributed by atoms with Crippen molar-refractivity contribution in [3.8, 4) is 0 Å². The Kier molecular flexibility index (Phi) is 1.87. The van der Waals surface area contributed by atoms with E-state index in [1.165, 1.54) is 18.2 Å². The SMILES string of the molecule is CC(O)/C=C1/C=CC(=O)O1. The van der Waals surface area contributed by atoms with Crippen molar-refractivity contribution >= 4 is 5.97 Å². The normalized spacial score (nSPS) is 23.4. The Labute approximate surface area is 58.6 Å². The zero-order valence-electron chi connectivity index (χ0n) is 5.57. The maximum absolute atomic E-state index is 10.4. The molecule has 1 atom stereocenters. The maximum atomic E-state index is 10.4. The van der Waals surface area contributed by atoms with Crippen LogP contribution in [0.3, 0.4) is 0 Å². The summed E-state index contributed by atoms with van der Waals surface area (Å²) in [4.78, 5) is 10.4. The minimum Gasteiger partial charge on any atom is -0.424 e. The number of ether oxygens (including phenoxy) is 1. The molecule has 3 heteroatoms. The first kappa shape index (κ1) is 7.02. The first-order valence-corrected chi connectivity index (χ1v) is 2.98. The Morgan fingerprint density at radius 3 is 2.80 bits per heavy atom. The topological polar surface area (TPSA) is 46.5 Å². The lowest BCUT2D eigenvalue weighted by Crippen LogP contribution is -1.97. The molecule has 0 saturated heterocycles. The second kappa shape index (κ2) is 2.66. The molecule has 1 N–H and O–H groups in total. The highest BCUT2D eigenvalue weighted by atomic mass is 16.5. The molecule has 1 rings (SSSR count). The Hall–Kier alpha value is -1.09. The van der Waals surface area contributed by atoms with Crippen LogP contribution in [-0.4, -0.2) is 17.2 Å². The largest absolute Gasteiger partial charge is 0.424 e. The molecule has 1 aliphatic heterocycles. The monoisotopic (exact) mass is 140 g/mol. The lowest BCUT2D eigenvalue weighted by Gasteiger charge is -1.96. The predicted molar refractivity (Wildman–Crippen MR) is 35.0 cm³/mol. The summed E-state index contributed by atoms with van der Waals surface area (Å²) in [5, 5.41) is 8.80. The molecule has 0 aromatic rings. The number of allylic oxidation sites excluding steroid dienone is 1. The Morgan fingerprint density at radius 1 is 1.70 bits per heavy atom. The molecule has 10 heavy (non-hydrogen) atoms. The van der Waals surface area contributed by atoms with E-state index < -0.39 is 6.10 Å². The van der Waals surface area contributed by atoms with Gasteiger partial charge >= 0.3 is 5.97 Å². The molecule has 0 fully saturated rings. The predicted octanol–water partition coefficient (Wildman–Crippen LogP) is 0.364. The van der Waals surface area contributed by atoms with Gasteiger partial charge in [0.25, 0.3) is 0 Å². The molecule has 1 heterocycles. The average molecular weight is 140 g/mol. The lowest BCUT2D eigenvalue weighted by atomic mass is 10.3. The fourth-order valence-electron chi connectivity index (χ4n) is 0.662. The first-order valence-electron chi connectivity index (χ1n) is 2.98. The van der Waals surface area contributed by atoms with E-state index in [2.05, 4.69) is 4.74 Å². The highest BCUT2D eigenvalue weighted by Gasteiger charge is 2.08. The van der Waals surface area contributed by atoms with E-state index in [4.69, 9.17) is 5.11 Å². The van der Waals surface area contributed by atoms with Gasteiger partial charge in [-0.15, -0.1) is 0 Å². The molecule has 0 aromatic heterocycles. The van der Waals surface area contributed by atoms with Crippen LogP contribution in [0.15, 0.2) is 24.0 Å². The lowest BCUT2D eigenvalue weighted by molar-refractivity contribution is -0.132. The van der Waals surface area contributed by atoms with Crippen LogP contribution in [0.4, 0.5) is 0 Å². The van der Waals surface area contributed by atoms with Crippen LogP contribution in [-0.2, 0) is 9.53 Å². The summed E-state index contributed by atoms with van der Waals surface area (Å²) in [5.74, 6) is 0.0342. The van der Waals surface area contributed by atoms with Crippen molar-refractivity contribution in [2.45, 2.75) is 13.0 Å². The summed E-state index contributed by atoms with van der Waals surface area (Å²) in [6, 6.07) is 0. The number of esters is 1. The molecular formula is C7H8O3. The molecule has 0 aliphatic carbocycles. The van der Waals surface area contributed by atoms with Gasteiger partial charge in [-0.2, -0.15) is 0 Å². The molecule has 1 unspecified atom stereocenters. The van der Waals surface area contributed by atoms with Gasteiger partial charge in [-0.05, 0) is 19.1 Å². The maximum Gasteiger partial charge on any atom is 0.336 e. The molecule has 0 bridgehead atoms. The molecule has 1 aliphatic rings. The second-order valence-corrected chi connectivity index (χ2v) is 2.06.